The highest BCUT2D eigenvalue weighted by Gasteiger charge is 2.27. The Labute approximate surface area is 139 Å². The largest absolute Gasteiger partial charge is 0.341 e. The standard InChI is InChI=1S/C19H39N3/c1-6-8-10-12-14-21-16-17-22(15-13-11-9-7-2)18(21)20-19(3,4)5/h6-17H2,1-5H3. The van der Waals surface area contributed by atoms with Gasteiger partial charge >= 0.3 is 0 Å². The molecular weight excluding hydrogens is 270 g/mol. The van der Waals surface area contributed by atoms with Crippen molar-refractivity contribution in [2.45, 2.75) is 91.5 Å². The van der Waals surface area contributed by atoms with Gasteiger partial charge in [-0.15, -0.1) is 0 Å². The fraction of sp³-hybridized carbons (Fsp3) is 0.947. The normalized spacial score (nSPS) is 15.8. The Morgan fingerprint density at radius 3 is 1.59 bits per heavy atom. The van der Waals surface area contributed by atoms with Crippen molar-refractivity contribution < 1.29 is 0 Å². The van der Waals surface area contributed by atoms with Crippen molar-refractivity contribution >= 4 is 5.96 Å². The summed E-state index contributed by atoms with van der Waals surface area (Å²) in [4.78, 5) is 10.1. The van der Waals surface area contributed by atoms with Crippen molar-refractivity contribution in [3.63, 3.8) is 0 Å². The molecule has 1 heterocycles. The molecule has 0 radical (unpaired) electrons. The van der Waals surface area contributed by atoms with Crippen LogP contribution in [0.2, 0.25) is 0 Å². The smallest absolute Gasteiger partial charge is 0.197 e. The van der Waals surface area contributed by atoms with Gasteiger partial charge in [-0.2, -0.15) is 0 Å². The minimum atomic E-state index is 0.0169. The molecule has 3 heteroatoms. The molecule has 0 bridgehead atoms. The fourth-order valence-electron chi connectivity index (χ4n) is 2.97. The maximum Gasteiger partial charge on any atom is 0.197 e. The van der Waals surface area contributed by atoms with Crippen LogP contribution in [-0.4, -0.2) is 47.5 Å². The molecule has 1 rings (SSSR count). The van der Waals surface area contributed by atoms with E-state index in [0.717, 1.165) is 13.1 Å². The Morgan fingerprint density at radius 2 is 1.23 bits per heavy atom. The Balaban J connectivity index is 2.55. The lowest BCUT2D eigenvalue weighted by molar-refractivity contribution is 0.419. The molecule has 0 N–H and O–H groups in total. The van der Waals surface area contributed by atoms with Crippen LogP contribution in [0.1, 0.15) is 86.0 Å². The molecule has 0 atom stereocenters. The van der Waals surface area contributed by atoms with Crippen molar-refractivity contribution in [3.8, 4) is 0 Å². The first-order valence-electron chi connectivity index (χ1n) is 9.57. The van der Waals surface area contributed by atoms with Crippen LogP contribution in [0.3, 0.4) is 0 Å². The third-order valence-electron chi connectivity index (χ3n) is 4.20. The van der Waals surface area contributed by atoms with Crippen molar-refractivity contribution in [1.82, 2.24) is 9.80 Å². The third kappa shape index (κ3) is 7.51. The summed E-state index contributed by atoms with van der Waals surface area (Å²) in [5, 5.41) is 0. The zero-order valence-electron chi connectivity index (χ0n) is 15.8. The van der Waals surface area contributed by atoms with Gasteiger partial charge in [0.15, 0.2) is 5.96 Å². The second-order valence-corrected chi connectivity index (χ2v) is 7.68. The zero-order chi connectivity index (χ0) is 16.4. The monoisotopic (exact) mass is 309 g/mol. The first kappa shape index (κ1) is 19.3. The van der Waals surface area contributed by atoms with Gasteiger partial charge in [-0.1, -0.05) is 52.4 Å². The van der Waals surface area contributed by atoms with Crippen molar-refractivity contribution in [2.24, 2.45) is 4.99 Å². The van der Waals surface area contributed by atoms with E-state index in [4.69, 9.17) is 4.99 Å². The molecule has 0 aliphatic carbocycles. The number of rotatable bonds is 10. The summed E-state index contributed by atoms with van der Waals surface area (Å²) in [6.07, 6.45) is 10.7. The molecule has 0 saturated carbocycles. The van der Waals surface area contributed by atoms with E-state index in [9.17, 15) is 0 Å². The highest BCUT2D eigenvalue weighted by atomic mass is 15.4. The molecule has 0 aromatic rings. The van der Waals surface area contributed by atoms with Crippen LogP contribution in [0.25, 0.3) is 0 Å². The average Bonchev–Trinajstić information content (AvgIpc) is 2.80. The summed E-state index contributed by atoms with van der Waals surface area (Å²) < 4.78 is 0. The number of guanidine groups is 1. The minimum absolute atomic E-state index is 0.0169. The van der Waals surface area contributed by atoms with E-state index in [1.54, 1.807) is 0 Å². The van der Waals surface area contributed by atoms with E-state index >= 15 is 0 Å². The van der Waals surface area contributed by atoms with Crippen LogP contribution in [0.4, 0.5) is 0 Å². The van der Waals surface area contributed by atoms with E-state index in [1.165, 1.54) is 70.4 Å². The van der Waals surface area contributed by atoms with Crippen LogP contribution < -0.4 is 0 Å². The maximum absolute atomic E-state index is 5.04. The average molecular weight is 310 g/mol. The Bertz CT molecular complexity index is 295. The Morgan fingerprint density at radius 1 is 0.773 bits per heavy atom. The molecule has 1 fully saturated rings. The van der Waals surface area contributed by atoms with Gasteiger partial charge in [0.05, 0.1) is 5.54 Å². The summed E-state index contributed by atoms with van der Waals surface area (Å²) in [5.41, 5.74) is 0.0169. The lowest BCUT2D eigenvalue weighted by Crippen LogP contribution is -2.37. The molecule has 1 aliphatic heterocycles. The third-order valence-corrected chi connectivity index (χ3v) is 4.20. The van der Waals surface area contributed by atoms with E-state index in [-0.39, 0.29) is 5.54 Å². The molecule has 1 saturated heterocycles. The molecule has 0 amide bonds. The van der Waals surface area contributed by atoms with Crippen LogP contribution in [0.5, 0.6) is 0 Å². The Hall–Kier alpha value is -0.730. The quantitative estimate of drug-likeness (QED) is 0.533. The van der Waals surface area contributed by atoms with Crippen LogP contribution >= 0.6 is 0 Å². The molecule has 0 unspecified atom stereocenters. The maximum atomic E-state index is 5.04. The van der Waals surface area contributed by atoms with Crippen molar-refractivity contribution in [1.29, 1.82) is 0 Å². The van der Waals surface area contributed by atoms with E-state index < -0.39 is 0 Å². The molecule has 22 heavy (non-hydrogen) atoms. The molecule has 130 valence electrons. The SMILES string of the molecule is CCCCCCN1CCN(CCCCCC)C1=NC(C)(C)C. The summed E-state index contributed by atoms with van der Waals surface area (Å²) in [5.74, 6) is 1.26. The van der Waals surface area contributed by atoms with Crippen LogP contribution in [0.15, 0.2) is 4.99 Å². The summed E-state index contributed by atoms with van der Waals surface area (Å²) in [7, 11) is 0. The second kappa shape index (κ2) is 10.1. The lowest BCUT2D eigenvalue weighted by atomic mass is 10.1. The fourth-order valence-corrected chi connectivity index (χ4v) is 2.97. The summed E-state index contributed by atoms with van der Waals surface area (Å²) in [6.45, 7) is 15.9. The first-order chi connectivity index (χ1) is 10.5. The summed E-state index contributed by atoms with van der Waals surface area (Å²) in [6, 6.07) is 0. The van der Waals surface area contributed by atoms with Gasteiger partial charge in [-0.25, -0.2) is 4.99 Å². The first-order valence-corrected chi connectivity index (χ1v) is 9.57. The predicted molar refractivity (Wildman–Crippen MR) is 98.6 cm³/mol. The van der Waals surface area contributed by atoms with E-state index in [2.05, 4.69) is 44.4 Å². The number of aliphatic imine (C=N–C) groups is 1. The molecule has 0 aromatic heterocycles. The topological polar surface area (TPSA) is 18.8 Å². The number of hydrogen-bond acceptors (Lipinski definition) is 1. The van der Waals surface area contributed by atoms with Crippen LogP contribution in [0, 0.1) is 0 Å². The number of nitrogens with zero attached hydrogens (tertiary/aromatic N) is 3. The molecular formula is C19H39N3. The van der Waals surface area contributed by atoms with Gasteiger partial charge in [-0.3, -0.25) is 0 Å². The van der Waals surface area contributed by atoms with Crippen molar-refractivity contribution in [2.75, 3.05) is 26.2 Å². The molecule has 3 nitrogen and oxygen atoms in total. The number of hydrogen-bond donors (Lipinski definition) is 0. The Kier molecular flexibility index (Phi) is 8.89. The summed E-state index contributed by atoms with van der Waals surface area (Å²) >= 11 is 0. The van der Waals surface area contributed by atoms with Gasteiger partial charge in [-0.05, 0) is 33.6 Å². The molecule has 1 aliphatic rings. The number of unbranched alkanes of at least 4 members (excludes halogenated alkanes) is 6. The molecule has 0 spiro atoms. The van der Waals surface area contributed by atoms with Gasteiger partial charge in [0.1, 0.15) is 0 Å². The molecule has 0 aromatic carbocycles. The lowest BCUT2D eigenvalue weighted by Gasteiger charge is -2.26. The predicted octanol–water partition coefficient (Wildman–Crippen LogP) is 4.92. The zero-order valence-corrected chi connectivity index (χ0v) is 15.8. The second-order valence-electron chi connectivity index (χ2n) is 7.68. The van der Waals surface area contributed by atoms with Gasteiger partial charge in [0.25, 0.3) is 0 Å². The minimum Gasteiger partial charge on any atom is -0.341 e. The van der Waals surface area contributed by atoms with Crippen LogP contribution in [-0.2, 0) is 0 Å². The van der Waals surface area contributed by atoms with Gasteiger partial charge in [0, 0.05) is 26.2 Å². The van der Waals surface area contributed by atoms with Gasteiger partial charge < -0.3 is 9.80 Å². The van der Waals surface area contributed by atoms with E-state index in [1.807, 2.05) is 0 Å². The highest BCUT2D eigenvalue weighted by molar-refractivity contribution is 5.82. The van der Waals surface area contributed by atoms with E-state index in [0.29, 0.717) is 0 Å². The highest BCUT2D eigenvalue weighted by Crippen LogP contribution is 2.17. The van der Waals surface area contributed by atoms with Gasteiger partial charge in [0.2, 0.25) is 0 Å². The van der Waals surface area contributed by atoms with Crippen molar-refractivity contribution in [3.05, 3.63) is 0 Å².